The Morgan fingerprint density at radius 2 is 1.67 bits per heavy atom. The van der Waals surface area contributed by atoms with E-state index in [1.54, 1.807) is 12.1 Å². The highest BCUT2D eigenvalue weighted by atomic mass is 19.4. The van der Waals surface area contributed by atoms with Gasteiger partial charge in [-0.1, -0.05) is 24.3 Å². The van der Waals surface area contributed by atoms with Gasteiger partial charge in [0.15, 0.2) is 0 Å². The van der Waals surface area contributed by atoms with Crippen LogP contribution in [0.5, 0.6) is 0 Å². The van der Waals surface area contributed by atoms with Gasteiger partial charge in [0.05, 0.1) is 11.3 Å². The van der Waals surface area contributed by atoms with Crippen LogP contribution in [-0.4, -0.2) is 12.5 Å². The van der Waals surface area contributed by atoms with Crippen LogP contribution in [0.2, 0.25) is 0 Å². The van der Waals surface area contributed by atoms with Gasteiger partial charge in [0.25, 0.3) is 0 Å². The van der Waals surface area contributed by atoms with Crippen LogP contribution in [0.4, 0.5) is 23.2 Å². The highest BCUT2D eigenvalue weighted by molar-refractivity contribution is 5.91. The summed E-state index contributed by atoms with van der Waals surface area (Å²) in [7, 11) is 0. The van der Waals surface area contributed by atoms with E-state index in [1.807, 2.05) is 0 Å². The lowest BCUT2D eigenvalue weighted by Gasteiger charge is -2.13. The second kappa shape index (κ2) is 7.92. The number of alkyl halides is 3. The van der Waals surface area contributed by atoms with E-state index in [2.05, 4.69) is 10.6 Å². The Labute approximate surface area is 136 Å². The van der Waals surface area contributed by atoms with E-state index in [1.165, 1.54) is 30.3 Å². The molecule has 0 atom stereocenters. The van der Waals surface area contributed by atoms with E-state index in [9.17, 15) is 22.4 Å². The standard InChI is InChI=1S/C17H16F4N2O/c18-13-7-5-12(6-8-13)11-22-10-9-16(24)23-15-4-2-1-3-14(15)17(19,20)21/h1-8,22H,9-11H2,(H,23,24). The predicted molar refractivity (Wildman–Crippen MR) is 82.8 cm³/mol. The van der Waals surface area contributed by atoms with Gasteiger partial charge < -0.3 is 10.6 Å². The molecule has 0 heterocycles. The topological polar surface area (TPSA) is 41.1 Å². The zero-order valence-corrected chi connectivity index (χ0v) is 12.7. The lowest BCUT2D eigenvalue weighted by molar-refractivity contribution is -0.137. The Morgan fingerprint density at radius 1 is 1.00 bits per heavy atom. The van der Waals surface area contributed by atoms with Crippen LogP contribution in [-0.2, 0) is 17.5 Å². The lowest BCUT2D eigenvalue weighted by Crippen LogP contribution is -2.22. The third-order valence-corrected chi connectivity index (χ3v) is 3.28. The lowest BCUT2D eigenvalue weighted by atomic mass is 10.1. The fraction of sp³-hybridized carbons (Fsp3) is 0.235. The van der Waals surface area contributed by atoms with Crippen LogP contribution in [0.15, 0.2) is 48.5 Å². The molecule has 3 nitrogen and oxygen atoms in total. The first-order chi connectivity index (χ1) is 11.4. The van der Waals surface area contributed by atoms with Gasteiger partial charge in [-0.15, -0.1) is 0 Å². The number of halogens is 4. The van der Waals surface area contributed by atoms with Crippen molar-refractivity contribution in [3.05, 3.63) is 65.5 Å². The van der Waals surface area contributed by atoms with E-state index in [0.717, 1.165) is 11.6 Å². The maximum Gasteiger partial charge on any atom is 0.418 e. The molecular formula is C17H16F4N2O. The quantitative estimate of drug-likeness (QED) is 0.617. The molecule has 0 aliphatic heterocycles. The van der Waals surface area contributed by atoms with Crippen LogP contribution in [0, 0.1) is 5.82 Å². The molecule has 128 valence electrons. The van der Waals surface area contributed by atoms with Crippen LogP contribution >= 0.6 is 0 Å². The summed E-state index contributed by atoms with van der Waals surface area (Å²) < 4.78 is 51.2. The van der Waals surface area contributed by atoms with Gasteiger partial charge in [-0.05, 0) is 29.8 Å². The molecule has 0 aromatic heterocycles. The molecule has 24 heavy (non-hydrogen) atoms. The molecule has 1 amide bonds. The first-order valence-electron chi connectivity index (χ1n) is 7.27. The summed E-state index contributed by atoms with van der Waals surface area (Å²) in [4.78, 5) is 11.8. The molecule has 2 aromatic rings. The average Bonchev–Trinajstić information content (AvgIpc) is 2.53. The monoisotopic (exact) mass is 340 g/mol. The van der Waals surface area contributed by atoms with Crippen molar-refractivity contribution in [3.63, 3.8) is 0 Å². The van der Waals surface area contributed by atoms with Crippen molar-refractivity contribution in [2.45, 2.75) is 19.1 Å². The molecule has 2 N–H and O–H groups in total. The number of benzene rings is 2. The van der Waals surface area contributed by atoms with Gasteiger partial charge in [0.2, 0.25) is 5.91 Å². The third-order valence-electron chi connectivity index (χ3n) is 3.28. The molecule has 0 radical (unpaired) electrons. The van der Waals surface area contributed by atoms with E-state index < -0.39 is 17.6 Å². The molecule has 0 saturated carbocycles. The van der Waals surface area contributed by atoms with Crippen LogP contribution in [0.1, 0.15) is 17.5 Å². The maximum absolute atomic E-state index is 12.8. The van der Waals surface area contributed by atoms with Crippen molar-refractivity contribution in [3.8, 4) is 0 Å². The zero-order chi connectivity index (χ0) is 17.6. The highest BCUT2D eigenvalue weighted by Crippen LogP contribution is 2.34. The number of hydrogen-bond donors (Lipinski definition) is 2. The third kappa shape index (κ3) is 5.34. The highest BCUT2D eigenvalue weighted by Gasteiger charge is 2.33. The number of nitrogens with one attached hydrogen (secondary N) is 2. The van der Waals surface area contributed by atoms with E-state index in [0.29, 0.717) is 6.54 Å². The van der Waals surface area contributed by atoms with Crippen LogP contribution < -0.4 is 10.6 Å². The Kier molecular flexibility index (Phi) is 5.92. The number of para-hydroxylation sites is 1. The minimum Gasteiger partial charge on any atom is -0.325 e. The largest absolute Gasteiger partial charge is 0.418 e. The van der Waals surface area contributed by atoms with Crippen LogP contribution in [0.3, 0.4) is 0 Å². The zero-order valence-electron chi connectivity index (χ0n) is 12.7. The first kappa shape index (κ1) is 17.9. The minimum absolute atomic E-state index is 0.0212. The van der Waals surface area contributed by atoms with Gasteiger partial charge in [-0.25, -0.2) is 4.39 Å². The van der Waals surface area contributed by atoms with Gasteiger partial charge in [0.1, 0.15) is 5.82 Å². The predicted octanol–water partition coefficient (Wildman–Crippen LogP) is 3.96. The molecule has 0 saturated heterocycles. The summed E-state index contributed by atoms with van der Waals surface area (Å²) in [6.45, 7) is 0.726. The summed E-state index contributed by atoms with van der Waals surface area (Å²) in [6, 6.07) is 10.7. The summed E-state index contributed by atoms with van der Waals surface area (Å²) >= 11 is 0. The van der Waals surface area contributed by atoms with Crippen molar-refractivity contribution in [2.75, 3.05) is 11.9 Å². The van der Waals surface area contributed by atoms with E-state index in [4.69, 9.17) is 0 Å². The molecule has 2 rings (SSSR count). The van der Waals surface area contributed by atoms with Gasteiger partial charge in [0, 0.05) is 19.5 Å². The molecule has 0 aliphatic rings. The van der Waals surface area contributed by atoms with Crippen molar-refractivity contribution in [1.82, 2.24) is 5.32 Å². The number of rotatable bonds is 6. The van der Waals surface area contributed by atoms with Crippen LogP contribution in [0.25, 0.3) is 0 Å². The number of anilines is 1. The summed E-state index contributed by atoms with van der Waals surface area (Å²) in [5.41, 5.74) is -0.287. The maximum atomic E-state index is 12.8. The smallest absolute Gasteiger partial charge is 0.325 e. The Bertz CT molecular complexity index is 684. The van der Waals surface area contributed by atoms with E-state index in [-0.39, 0.29) is 24.5 Å². The number of amides is 1. The van der Waals surface area contributed by atoms with E-state index >= 15 is 0 Å². The first-order valence-corrected chi connectivity index (χ1v) is 7.27. The molecule has 0 unspecified atom stereocenters. The molecule has 0 spiro atoms. The fourth-order valence-corrected chi connectivity index (χ4v) is 2.09. The molecule has 2 aromatic carbocycles. The minimum atomic E-state index is -4.52. The average molecular weight is 340 g/mol. The molecular weight excluding hydrogens is 324 g/mol. The molecule has 7 heteroatoms. The SMILES string of the molecule is O=C(CCNCc1ccc(F)cc1)Nc1ccccc1C(F)(F)F. The van der Waals surface area contributed by atoms with Crippen molar-refractivity contribution < 1.29 is 22.4 Å². The Balaban J connectivity index is 1.81. The number of carbonyl (C=O) groups is 1. The second-order valence-corrected chi connectivity index (χ2v) is 5.14. The van der Waals surface area contributed by atoms with Crippen molar-refractivity contribution in [1.29, 1.82) is 0 Å². The second-order valence-electron chi connectivity index (χ2n) is 5.14. The van der Waals surface area contributed by atoms with Gasteiger partial charge in [-0.2, -0.15) is 13.2 Å². The normalized spacial score (nSPS) is 11.3. The van der Waals surface area contributed by atoms with Crippen molar-refractivity contribution in [2.24, 2.45) is 0 Å². The molecule has 0 bridgehead atoms. The Hall–Kier alpha value is -2.41. The number of hydrogen-bond acceptors (Lipinski definition) is 2. The summed E-state index contributed by atoms with van der Waals surface area (Å²) in [5, 5.41) is 5.25. The summed E-state index contributed by atoms with van der Waals surface area (Å²) in [5.74, 6) is -0.847. The van der Waals surface area contributed by atoms with Crippen molar-refractivity contribution >= 4 is 11.6 Å². The van der Waals surface area contributed by atoms with Gasteiger partial charge in [-0.3, -0.25) is 4.79 Å². The number of carbonyl (C=O) groups excluding carboxylic acids is 1. The van der Waals surface area contributed by atoms with Gasteiger partial charge >= 0.3 is 6.18 Å². The Morgan fingerprint density at radius 3 is 2.33 bits per heavy atom. The summed E-state index contributed by atoms with van der Waals surface area (Å²) in [6.07, 6.45) is -4.50. The molecule has 0 aliphatic carbocycles. The fourth-order valence-electron chi connectivity index (χ4n) is 2.09. The molecule has 0 fully saturated rings.